The molecule has 1 aromatic carbocycles. The summed E-state index contributed by atoms with van der Waals surface area (Å²) < 4.78 is 5.55. The molecule has 21 heavy (non-hydrogen) atoms. The molecule has 0 saturated carbocycles. The largest absolute Gasteiger partial charge is 0.399 e. The van der Waals surface area contributed by atoms with E-state index in [2.05, 4.69) is 10.3 Å². The number of hydrogen-bond donors (Lipinski definition) is 2. The number of nitrogen functional groups attached to an aromatic ring is 1. The summed E-state index contributed by atoms with van der Waals surface area (Å²) in [5, 5.41) is 5.31. The molecule has 0 bridgehead atoms. The van der Waals surface area contributed by atoms with Crippen molar-refractivity contribution in [3.63, 3.8) is 0 Å². The van der Waals surface area contributed by atoms with Crippen LogP contribution in [0.15, 0.2) is 29.6 Å². The number of nitrogens with one attached hydrogen (secondary N) is 1. The highest BCUT2D eigenvalue weighted by molar-refractivity contribution is 7.14. The molecule has 1 aliphatic rings. The molecule has 1 fully saturated rings. The van der Waals surface area contributed by atoms with Crippen molar-refractivity contribution in [2.45, 2.75) is 32.0 Å². The number of rotatable bonds is 3. The first-order valence-corrected chi connectivity index (χ1v) is 7.77. The number of nitrogens with zero attached hydrogens (tertiary/aromatic N) is 1. The van der Waals surface area contributed by atoms with Gasteiger partial charge in [-0.25, -0.2) is 4.98 Å². The molecule has 3 N–H and O–H groups in total. The molecule has 2 atom stereocenters. The van der Waals surface area contributed by atoms with E-state index in [1.807, 2.05) is 36.6 Å². The van der Waals surface area contributed by atoms with Crippen molar-refractivity contribution in [1.82, 2.24) is 4.98 Å². The van der Waals surface area contributed by atoms with Crippen molar-refractivity contribution in [2.24, 2.45) is 0 Å². The minimum Gasteiger partial charge on any atom is -0.399 e. The lowest BCUT2D eigenvalue weighted by molar-refractivity contribution is -0.126. The van der Waals surface area contributed by atoms with Crippen LogP contribution in [0.4, 0.5) is 10.8 Å². The number of carbonyl (C=O) groups is 1. The summed E-state index contributed by atoms with van der Waals surface area (Å²) in [6.07, 6.45) is 1.48. The van der Waals surface area contributed by atoms with Gasteiger partial charge in [-0.1, -0.05) is 12.1 Å². The third-order valence-corrected chi connectivity index (χ3v) is 4.20. The maximum atomic E-state index is 12.1. The van der Waals surface area contributed by atoms with Gasteiger partial charge < -0.3 is 10.5 Å². The van der Waals surface area contributed by atoms with Crippen LogP contribution in [0.5, 0.6) is 0 Å². The highest BCUT2D eigenvalue weighted by Gasteiger charge is 2.28. The number of carbonyl (C=O) groups excluding carboxylic acids is 1. The van der Waals surface area contributed by atoms with Gasteiger partial charge in [-0.2, -0.15) is 0 Å². The quantitative estimate of drug-likeness (QED) is 0.855. The molecule has 110 valence electrons. The predicted molar refractivity (Wildman–Crippen MR) is 84.2 cm³/mol. The van der Waals surface area contributed by atoms with Gasteiger partial charge in [-0.3, -0.25) is 10.1 Å². The molecule has 1 amide bonds. The normalized spacial score (nSPS) is 21.4. The lowest BCUT2D eigenvalue weighted by atomic mass is 10.1. The van der Waals surface area contributed by atoms with Crippen LogP contribution in [-0.2, 0) is 9.53 Å². The average Bonchev–Trinajstić information content (AvgIpc) is 3.08. The van der Waals surface area contributed by atoms with Gasteiger partial charge in [0.2, 0.25) is 0 Å². The van der Waals surface area contributed by atoms with Crippen LogP contribution in [-0.4, -0.2) is 23.1 Å². The summed E-state index contributed by atoms with van der Waals surface area (Å²) in [6, 6.07) is 7.52. The zero-order valence-electron chi connectivity index (χ0n) is 11.7. The number of aromatic nitrogens is 1. The van der Waals surface area contributed by atoms with Gasteiger partial charge in [-0.05, 0) is 31.9 Å². The molecular weight excluding hydrogens is 286 g/mol. The molecule has 2 unspecified atom stereocenters. The SMILES string of the molecule is CC1CCC(C(=O)Nc2nc(-c3cccc(N)c3)cs2)O1. The van der Waals surface area contributed by atoms with Crippen molar-refractivity contribution in [3.05, 3.63) is 29.6 Å². The number of hydrogen-bond acceptors (Lipinski definition) is 5. The summed E-state index contributed by atoms with van der Waals surface area (Å²) in [4.78, 5) is 16.5. The van der Waals surface area contributed by atoms with Crippen molar-refractivity contribution in [3.8, 4) is 11.3 Å². The van der Waals surface area contributed by atoms with E-state index in [1.54, 1.807) is 0 Å². The average molecular weight is 303 g/mol. The highest BCUT2D eigenvalue weighted by Crippen LogP contribution is 2.27. The maximum absolute atomic E-state index is 12.1. The first kappa shape index (κ1) is 14.0. The molecule has 2 heterocycles. The molecule has 1 aliphatic heterocycles. The van der Waals surface area contributed by atoms with E-state index in [4.69, 9.17) is 10.5 Å². The van der Waals surface area contributed by atoms with E-state index >= 15 is 0 Å². The van der Waals surface area contributed by atoms with E-state index < -0.39 is 0 Å². The molecule has 0 radical (unpaired) electrons. The molecule has 2 aromatic rings. The zero-order valence-corrected chi connectivity index (χ0v) is 12.5. The van der Waals surface area contributed by atoms with Gasteiger partial charge in [0.25, 0.3) is 5.91 Å². The van der Waals surface area contributed by atoms with Crippen LogP contribution >= 0.6 is 11.3 Å². The first-order chi connectivity index (χ1) is 10.1. The summed E-state index contributed by atoms with van der Waals surface area (Å²) >= 11 is 1.40. The Kier molecular flexibility index (Phi) is 3.90. The van der Waals surface area contributed by atoms with Crippen LogP contribution in [0.2, 0.25) is 0 Å². The molecule has 3 rings (SSSR count). The number of anilines is 2. The number of nitrogens with two attached hydrogens (primary N) is 1. The Morgan fingerprint density at radius 2 is 2.33 bits per heavy atom. The fraction of sp³-hybridized carbons (Fsp3) is 0.333. The highest BCUT2D eigenvalue weighted by atomic mass is 32.1. The van der Waals surface area contributed by atoms with Crippen molar-refractivity contribution in [2.75, 3.05) is 11.1 Å². The smallest absolute Gasteiger partial charge is 0.255 e. The Labute approximate surface area is 127 Å². The van der Waals surface area contributed by atoms with Crippen molar-refractivity contribution < 1.29 is 9.53 Å². The van der Waals surface area contributed by atoms with Gasteiger partial charge in [0.15, 0.2) is 5.13 Å². The van der Waals surface area contributed by atoms with E-state index in [1.165, 1.54) is 11.3 Å². The fourth-order valence-electron chi connectivity index (χ4n) is 2.34. The Morgan fingerprint density at radius 1 is 1.48 bits per heavy atom. The third-order valence-electron chi connectivity index (χ3n) is 3.44. The van der Waals surface area contributed by atoms with Gasteiger partial charge in [0.05, 0.1) is 11.8 Å². The van der Waals surface area contributed by atoms with Crippen LogP contribution < -0.4 is 11.1 Å². The Morgan fingerprint density at radius 3 is 3.05 bits per heavy atom. The molecule has 0 spiro atoms. The maximum Gasteiger partial charge on any atom is 0.255 e. The number of ether oxygens (including phenoxy) is 1. The standard InChI is InChI=1S/C15H17N3O2S/c1-9-5-6-13(20-9)14(19)18-15-17-12(8-21-15)10-3-2-4-11(16)7-10/h2-4,7-9,13H,5-6,16H2,1H3,(H,17,18,19). The van der Waals surface area contributed by atoms with Crippen LogP contribution in [0, 0.1) is 0 Å². The molecule has 1 aromatic heterocycles. The van der Waals surface area contributed by atoms with Crippen molar-refractivity contribution in [1.29, 1.82) is 0 Å². The lowest BCUT2D eigenvalue weighted by Crippen LogP contribution is -2.27. The topological polar surface area (TPSA) is 77.2 Å². The Balaban J connectivity index is 1.69. The van der Waals surface area contributed by atoms with Gasteiger partial charge >= 0.3 is 0 Å². The second kappa shape index (κ2) is 5.83. The van der Waals surface area contributed by atoms with Crippen LogP contribution in [0.25, 0.3) is 11.3 Å². The minimum absolute atomic E-state index is 0.118. The minimum atomic E-state index is -0.361. The van der Waals surface area contributed by atoms with Gasteiger partial charge in [0, 0.05) is 16.6 Å². The summed E-state index contributed by atoms with van der Waals surface area (Å²) in [6.45, 7) is 1.98. The molecule has 0 aliphatic carbocycles. The Bertz CT molecular complexity index is 656. The second-order valence-corrected chi connectivity index (χ2v) is 6.02. The van der Waals surface area contributed by atoms with Gasteiger partial charge in [-0.15, -0.1) is 11.3 Å². The zero-order chi connectivity index (χ0) is 14.8. The fourth-order valence-corrected chi connectivity index (χ4v) is 3.07. The molecule has 6 heteroatoms. The van der Waals surface area contributed by atoms with Crippen LogP contribution in [0.1, 0.15) is 19.8 Å². The summed E-state index contributed by atoms with van der Waals surface area (Å²) in [7, 11) is 0. The van der Waals surface area contributed by atoms with Crippen LogP contribution in [0.3, 0.4) is 0 Å². The number of benzene rings is 1. The van der Waals surface area contributed by atoms with E-state index in [9.17, 15) is 4.79 Å². The molecule has 5 nitrogen and oxygen atoms in total. The summed E-state index contributed by atoms with van der Waals surface area (Å²) in [5.74, 6) is -0.118. The number of thiazole rings is 1. The van der Waals surface area contributed by atoms with Crippen molar-refractivity contribution >= 4 is 28.1 Å². The second-order valence-electron chi connectivity index (χ2n) is 5.17. The monoisotopic (exact) mass is 303 g/mol. The lowest BCUT2D eigenvalue weighted by Gasteiger charge is -2.09. The van der Waals surface area contributed by atoms with E-state index in [-0.39, 0.29) is 18.1 Å². The Hall–Kier alpha value is -1.92. The van der Waals surface area contributed by atoms with E-state index in [0.717, 1.165) is 24.1 Å². The summed E-state index contributed by atoms with van der Waals surface area (Å²) in [5.41, 5.74) is 8.21. The predicted octanol–water partition coefficient (Wildman–Crippen LogP) is 2.90. The van der Waals surface area contributed by atoms with E-state index in [0.29, 0.717) is 10.8 Å². The third kappa shape index (κ3) is 3.22. The molecular formula is C15H17N3O2S. The molecule has 1 saturated heterocycles. The number of amides is 1. The van der Waals surface area contributed by atoms with Gasteiger partial charge in [0.1, 0.15) is 6.10 Å². The first-order valence-electron chi connectivity index (χ1n) is 6.89.